The maximum Gasteiger partial charge on any atom is 0.864 e. The highest BCUT2D eigenvalue weighted by molar-refractivity contribution is 9.09. The molecule has 0 unspecified atom stereocenters. The number of halogens is 3. The lowest BCUT2D eigenvalue weighted by Gasteiger charge is -2.17. The summed E-state index contributed by atoms with van der Waals surface area (Å²) in [5.74, 6) is 2.01. The first kappa shape index (κ1) is 21.3. The molecule has 0 radical (unpaired) electrons. The van der Waals surface area contributed by atoms with Crippen LogP contribution in [0.2, 0.25) is 0 Å². The van der Waals surface area contributed by atoms with E-state index in [0.717, 1.165) is 16.0 Å². The van der Waals surface area contributed by atoms with Crippen LogP contribution in [0.3, 0.4) is 0 Å². The lowest BCUT2D eigenvalue weighted by molar-refractivity contribution is 0.307. The van der Waals surface area contributed by atoms with Crippen LogP contribution in [0.15, 0.2) is 72.8 Å². The van der Waals surface area contributed by atoms with Crippen molar-refractivity contribution < 1.29 is 14.0 Å². The Hall–Kier alpha value is -1.44. The molecule has 0 aliphatic rings. The number of benzene rings is 3. The average molecular weight is 569 g/mol. The van der Waals surface area contributed by atoms with Gasteiger partial charge in [0.05, 0.1) is 0 Å². The zero-order valence-electron chi connectivity index (χ0n) is 15.0. The van der Waals surface area contributed by atoms with Crippen molar-refractivity contribution in [3.8, 4) is 17.2 Å². The van der Waals surface area contributed by atoms with Crippen LogP contribution in [0.4, 0.5) is 0 Å². The van der Waals surface area contributed by atoms with Crippen LogP contribution in [0, 0.1) is 0 Å². The van der Waals surface area contributed by atoms with E-state index in [9.17, 15) is 0 Å². The molecule has 0 amide bonds. The fraction of sp³-hybridized carbons (Fsp3) is 0.143. The van der Waals surface area contributed by atoms with Crippen LogP contribution in [0.25, 0.3) is 0 Å². The minimum atomic E-state index is -0.917. The van der Waals surface area contributed by atoms with Crippen molar-refractivity contribution in [2.75, 3.05) is 0 Å². The largest absolute Gasteiger partial charge is 0.864 e. The van der Waals surface area contributed by atoms with Gasteiger partial charge in [-0.1, -0.05) is 84.2 Å². The summed E-state index contributed by atoms with van der Waals surface area (Å²) in [7, 11) is -0.917. The molecule has 0 spiro atoms. The summed E-state index contributed by atoms with van der Waals surface area (Å²) < 4.78 is 17.9. The average Bonchev–Trinajstić information content (AvgIpc) is 2.75. The van der Waals surface area contributed by atoms with Gasteiger partial charge in [0, 0.05) is 16.0 Å². The molecule has 3 rings (SSSR count). The van der Waals surface area contributed by atoms with Gasteiger partial charge in [0.2, 0.25) is 0 Å². The van der Waals surface area contributed by atoms with Crippen LogP contribution >= 0.6 is 47.8 Å². The molecule has 0 saturated carbocycles. The highest BCUT2D eigenvalue weighted by atomic mass is 79.9. The van der Waals surface area contributed by atoms with E-state index in [1.165, 1.54) is 16.7 Å². The van der Waals surface area contributed by atoms with Gasteiger partial charge in [-0.05, 0) is 53.1 Å². The van der Waals surface area contributed by atoms with Crippen molar-refractivity contribution in [2.45, 2.75) is 16.0 Å². The van der Waals surface area contributed by atoms with E-state index in [2.05, 4.69) is 47.8 Å². The van der Waals surface area contributed by atoms with Crippen molar-refractivity contribution in [1.29, 1.82) is 0 Å². The van der Waals surface area contributed by atoms with E-state index in [4.69, 9.17) is 14.0 Å². The molecular weight excluding hydrogens is 551 g/mol. The third-order valence-electron chi connectivity index (χ3n) is 3.93. The topological polar surface area (TPSA) is 27.7 Å². The van der Waals surface area contributed by atoms with Gasteiger partial charge in [-0.15, -0.1) is 0 Å². The van der Waals surface area contributed by atoms with Crippen molar-refractivity contribution in [2.24, 2.45) is 0 Å². The summed E-state index contributed by atoms with van der Waals surface area (Å²) in [4.78, 5) is 0. The van der Waals surface area contributed by atoms with E-state index in [1.54, 1.807) is 0 Å². The van der Waals surface area contributed by atoms with Gasteiger partial charge in [0.25, 0.3) is 0 Å². The molecule has 3 nitrogen and oxygen atoms in total. The van der Waals surface area contributed by atoms with E-state index >= 15 is 0 Å². The smallest absolute Gasteiger partial charge is 0.490 e. The molecule has 0 atom stereocenters. The Kier molecular flexibility index (Phi) is 8.31. The second kappa shape index (κ2) is 10.9. The minimum absolute atomic E-state index is 0.670. The van der Waals surface area contributed by atoms with Crippen LogP contribution in [0.5, 0.6) is 17.2 Å². The maximum atomic E-state index is 5.96. The zero-order chi connectivity index (χ0) is 19.8. The van der Waals surface area contributed by atoms with Crippen LogP contribution in [-0.2, 0) is 16.0 Å². The molecule has 3 aromatic carbocycles. The highest BCUT2D eigenvalue weighted by Gasteiger charge is 2.30. The van der Waals surface area contributed by atoms with Gasteiger partial charge in [-0.2, -0.15) is 0 Å². The number of alkyl halides is 3. The second-order valence-corrected chi connectivity index (χ2v) is 7.66. The number of rotatable bonds is 9. The molecule has 0 heterocycles. The Morgan fingerprint density at radius 1 is 0.464 bits per heavy atom. The molecule has 0 aliphatic carbocycles. The molecule has 0 N–H and O–H groups in total. The quantitative estimate of drug-likeness (QED) is 0.208. The molecule has 0 aromatic heterocycles. The van der Waals surface area contributed by atoms with Gasteiger partial charge in [-0.3, -0.25) is 0 Å². The lowest BCUT2D eigenvalue weighted by Crippen LogP contribution is -2.37. The van der Waals surface area contributed by atoms with Crippen LogP contribution in [0.1, 0.15) is 16.7 Å². The van der Waals surface area contributed by atoms with Crippen LogP contribution < -0.4 is 14.0 Å². The Morgan fingerprint density at radius 3 is 0.929 bits per heavy atom. The van der Waals surface area contributed by atoms with Gasteiger partial charge in [-0.25, -0.2) is 0 Å². The molecule has 3 aromatic rings. The maximum absolute atomic E-state index is 5.96. The zero-order valence-corrected chi connectivity index (χ0v) is 19.7. The third-order valence-corrected chi connectivity index (χ3v) is 5.87. The second-order valence-electron chi connectivity index (χ2n) is 5.97. The summed E-state index contributed by atoms with van der Waals surface area (Å²) >= 11 is 10.3. The summed E-state index contributed by atoms with van der Waals surface area (Å²) in [5.41, 5.74) is 3.50. The molecular formula is C21H18BBr3O3. The monoisotopic (exact) mass is 566 g/mol. The van der Waals surface area contributed by atoms with Crippen molar-refractivity contribution >= 4 is 55.1 Å². The molecule has 0 saturated heterocycles. The summed E-state index contributed by atoms with van der Waals surface area (Å²) in [5, 5.41) is 2.39. The SMILES string of the molecule is BrCc1ccc(OB(Oc2ccc(CBr)cc2)Oc2ccc(CBr)cc2)cc1. The summed E-state index contributed by atoms with van der Waals surface area (Å²) in [6, 6.07) is 23.4. The molecule has 28 heavy (non-hydrogen) atoms. The van der Waals surface area contributed by atoms with Crippen molar-refractivity contribution in [3.05, 3.63) is 89.5 Å². The molecule has 0 aliphatic heterocycles. The van der Waals surface area contributed by atoms with Gasteiger partial charge in [0.15, 0.2) is 0 Å². The number of hydrogen-bond acceptors (Lipinski definition) is 3. The highest BCUT2D eigenvalue weighted by Crippen LogP contribution is 2.21. The van der Waals surface area contributed by atoms with Crippen molar-refractivity contribution in [3.63, 3.8) is 0 Å². The van der Waals surface area contributed by atoms with Crippen molar-refractivity contribution in [1.82, 2.24) is 0 Å². The number of hydrogen-bond donors (Lipinski definition) is 0. The lowest BCUT2D eigenvalue weighted by atomic mass is 10.1. The van der Waals surface area contributed by atoms with Gasteiger partial charge < -0.3 is 14.0 Å². The molecule has 7 heteroatoms. The Balaban J connectivity index is 1.76. The van der Waals surface area contributed by atoms with E-state index in [0.29, 0.717) is 17.2 Å². The summed E-state index contributed by atoms with van der Waals surface area (Å²) in [6.45, 7) is 0. The fourth-order valence-electron chi connectivity index (χ4n) is 2.38. The van der Waals surface area contributed by atoms with Crippen LogP contribution in [-0.4, -0.2) is 7.32 Å². The normalized spacial score (nSPS) is 10.4. The fourth-order valence-corrected chi connectivity index (χ4v) is 3.50. The van der Waals surface area contributed by atoms with E-state index < -0.39 is 7.32 Å². The molecule has 0 fully saturated rings. The van der Waals surface area contributed by atoms with E-state index in [-0.39, 0.29) is 0 Å². The first-order chi connectivity index (χ1) is 13.7. The van der Waals surface area contributed by atoms with E-state index in [1.807, 2.05) is 72.8 Å². The standard InChI is InChI=1S/C21H18BBr3O3/c23-13-16-1-7-19(8-2-16)26-22(27-20-9-3-17(14-24)4-10-20)28-21-11-5-18(15-25)6-12-21/h1-12H,13-15H2. The van der Waals surface area contributed by atoms with Gasteiger partial charge in [0.1, 0.15) is 17.2 Å². The first-order valence-corrected chi connectivity index (χ1v) is 12.0. The first-order valence-electron chi connectivity index (χ1n) is 8.65. The predicted molar refractivity (Wildman–Crippen MR) is 125 cm³/mol. The third kappa shape index (κ3) is 6.29. The molecule has 144 valence electrons. The Labute approximate surface area is 191 Å². The minimum Gasteiger partial charge on any atom is -0.490 e. The summed E-state index contributed by atoms with van der Waals surface area (Å²) in [6.07, 6.45) is 0. The predicted octanol–water partition coefficient (Wildman–Crippen LogP) is 6.89. The molecule has 0 bridgehead atoms. The van der Waals surface area contributed by atoms with Gasteiger partial charge >= 0.3 is 7.32 Å². The Bertz CT molecular complexity index is 738. The Morgan fingerprint density at radius 2 is 0.714 bits per heavy atom.